The Morgan fingerprint density at radius 1 is 0.778 bits per heavy atom. The molecule has 0 heterocycles. The Bertz CT molecular complexity index is 438. The maximum Gasteiger partial charge on any atom is 0.452 e. The zero-order chi connectivity index (χ0) is 20.9. The van der Waals surface area contributed by atoms with E-state index in [0.717, 1.165) is 43.8 Å². The van der Waals surface area contributed by atoms with E-state index in [9.17, 15) is 9.59 Å². The van der Waals surface area contributed by atoms with Crippen LogP contribution < -0.4 is 0 Å². The number of ether oxygens (including phenoxy) is 1. The van der Waals surface area contributed by atoms with Crippen molar-refractivity contribution in [2.24, 2.45) is 28.0 Å². The van der Waals surface area contributed by atoms with Crippen molar-refractivity contribution >= 4 is 20.5 Å². The maximum atomic E-state index is 12.3. The first kappa shape index (κ1) is 25.8. The van der Waals surface area contributed by atoms with Gasteiger partial charge in [0.05, 0.1) is 6.61 Å². The highest BCUT2D eigenvalue weighted by Gasteiger charge is 2.40. The minimum atomic E-state index is -2.32. The molecule has 0 fully saturated rings. The van der Waals surface area contributed by atoms with E-state index in [1.807, 2.05) is 0 Å². The van der Waals surface area contributed by atoms with Crippen LogP contribution in [0.1, 0.15) is 74.1 Å². The Morgan fingerprint density at radius 3 is 1.70 bits per heavy atom. The summed E-state index contributed by atoms with van der Waals surface area (Å²) in [6.45, 7) is 15.3. The van der Waals surface area contributed by atoms with Gasteiger partial charge in [0.25, 0.3) is 8.32 Å². The van der Waals surface area contributed by atoms with E-state index in [-0.39, 0.29) is 0 Å². The Morgan fingerprint density at radius 2 is 1.26 bits per heavy atom. The molecule has 0 aromatic heterocycles. The van der Waals surface area contributed by atoms with Crippen LogP contribution in [0.4, 0.5) is 9.59 Å². The topological polar surface area (TPSA) is 77.3 Å². The summed E-state index contributed by atoms with van der Waals surface area (Å²) in [5.41, 5.74) is 0. The monoisotopic (exact) mass is 400 g/mol. The van der Waals surface area contributed by atoms with Gasteiger partial charge >= 0.3 is 12.2 Å². The average Bonchev–Trinajstić information content (AvgIpc) is 2.50. The molecule has 7 heteroatoms. The van der Waals surface area contributed by atoms with Crippen molar-refractivity contribution in [3.8, 4) is 0 Å². The van der Waals surface area contributed by atoms with Gasteiger partial charge in [-0.3, -0.25) is 0 Å². The lowest BCUT2D eigenvalue weighted by molar-refractivity contribution is 0.151. The summed E-state index contributed by atoms with van der Waals surface area (Å²) < 4.78 is 10.9. The Kier molecular flexibility index (Phi) is 13.2. The fourth-order valence-corrected chi connectivity index (χ4v) is 9.24. The van der Waals surface area contributed by atoms with Gasteiger partial charge in [-0.15, -0.1) is 0 Å². The van der Waals surface area contributed by atoms with Gasteiger partial charge in [-0.2, -0.15) is 0 Å². The first-order chi connectivity index (χ1) is 12.6. The van der Waals surface area contributed by atoms with Crippen molar-refractivity contribution < 1.29 is 18.8 Å². The third-order valence-corrected chi connectivity index (χ3v) is 9.37. The summed E-state index contributed by atoms with van der Waals surface area (Å²) in [4.78, 5) is 23.9. The first-order valence-corrected chi connectivity index (χ1v) is 12.9. The van der Waals surface area contributed by atoms with Crippen LogP contribution in [0.5, 0.6) is 0 Å². The van der Waals surface area contributed by atoms with Gasteiger partial charge in [0, 0.05) is 0 Å². The standard InChI is InChI=1S/C20H40N2O4Si/c1-8-9-10-11-12-25-19(23)21-22-20(24)26-27(13-16(2)3,14-17(4)5)15-18(6)7/h16-18H,8-15H2,1-7H3/b22-21+. The summed E-state index contributed by atoms with van der Waals surface area (Å²) in [5, 5.41) is 6.84. The van der Waals surface area contributed by atoms with Crippen LogP contribution in [0.15, 0.2) is 10.2 Å². The molecule has 0 unspecified atom stereocenters. The van der Waals surface area contributed by atoms with Gasteiger partial charge in [0.15, 0.2) is 0 Å². The van der Waals surface area contributed by atoms with Crippen molar-refractivity contribution in [3.05, 3.63) is 0 Å². The van der Waals surface area contributed by atoms with Gasteiger partial charge in [-0.1, -0.05) is 78.0 Å². The number of amides is 2. The Hall–Kier alpha value is -1.24. The van der Waals surface area contributed by atoms with Crippen molar-refractivity contribution in [3.63, 3.8) is 0 Å². The minimum Gasteiger partial charge on any atom is -0.501 e. The lowest BCUT2D eigenvalue weighted by Gasteiger charge is -2.34. The summed E-state index contributed by atoms with van der Waals surface area (Å²) in [6.07, 6.45) is 2.45. The van der Waals surface area contributed by atoms with Crippen LogP contribution >= 0.6 is 0 Å². The molecule has 0 spiro atoms. The highest BCUT2D eigenvalue weighted by atomic mass is 28.4. The summed E-state index contributed by atoms with van der Waals surface area (Å²) >= 11 is 0. The molecule has 0 saturated heterocycles. The van der Waals surface area contributed by atoms with Gasteiger partial charge < -0.3 is 9.16 Å². The fraction of sp³-hybridized carbons (Fsp3) is 0.900. The summed E-state index contributed by atoms with van der Waals surface area (Å²) in [5.74, 6) is 1.31. The number of rotatable bonds is 12. The van der Waals surface area contributed by atoms with Crippen molar-refractivity contribution in [1.29, 1.82) is 0 Å². The number of hydrogen-bond donors (Lipinski definition) is 0. The van der Waals surface area contributed by atoms with Crippen molar-refractivity contribution in [1.82, 2.24) is 0 Å². The smallest absolute Gasteiger partial charge is 0.452 e. The predicted molar refractivity (Wildman–Crippen MR) is 112 cm³/mol. The fourth-order valence-electron chi connectivity index (χ4n) is 3.61. The van der Waals surface area contributed by atoms with Crippen molar-refractivity contribution in [2.75, 3.05) is 6.61 Å². The number of azo groups is 1. The maximum absolute atomic E-state index is 12.3. The minimum absolute atomic E-state index is 0.305. The van der Waals surface area contributed by atoms with Crippen LogP contribution in [0.2, 0.25) is 18.1 Å². The number of unbranched alkanes of at least 4 members (excludes halogenated alkanes) is 3. The molecule has 0 bridgehead atoms. The van der Waals surface area contributed by atoms with E-state index in [1.165, 1.54) is 0 Å². The molecule has 0 aromatic rings. The Labute approximate surface area is 166 Å². The molecule has 0 atom stereocenters. The third kappa shape index (κ3) is 13.6. The molecule has 0 aliphatic heterocycles. The van der Waals surface area contributed by atoms with E-state index in [4.69, 9.17) is 9.16 Å². The first-order valence-electron chi connectivity index (χ1n) is 10.4. The molecule has 0 aliphatic rings. The molecule has 0 aromatic carbocycles. The number of hydrogen-bond acceptors (Lipinski definition) is 4. The van der Waals surface area contributed by atoms with Gasteiger partial charge in [-0.05, 0) is 42.3 Å². The molecule has 0 rings (SSSR count). The lowest BCUT2D eigenvalue weighted by Crippen LogP contribution is -2.43. The second kappa shape index (κ2) is 13.9. The average molecular weight is 401 g/mol. The number of carbonyl (C=O) groups is 2. The third-order valence-electron chi connectivity index (χ3n) is 4.08. The molecule has 0 N–H and O–H groups in total. The number of carbonyl (C=O) groups excluding carboxylic acids is 2. The van der Waals surface area contributed by atoms with Gasteiger partial charge in [0.1, 0.15) is 0 Å². The predicted octanol–water partition coefficient (Wildman–Crippen LogP) is 7.21. The largest absolute Gasteiger partial charge is 0.501 e. The summed E-state index contributed by atoms with van der Waals surface area (Å²) in [7, 11) is -2.32. The lowest BCUT2D eigenvalue weighted by atomic mass is 10.2. The van der Waals surface area contributed by atoms with E-state index in [0.29, 0.717) is 24.4 Å². The van der Waals surface area contributed by atoms with Crippen LogP contribution in [-0.2, 0) is 9.16 Å². The van der Waals surface area contributed by atoms with Crippen LogP contribution in [-0.4, -0.2) is 27.1 Å². The van der Waals surface area contributed by atoms with Crippen LogP contribution in [0, 0.1) is 17.8 Å². The molecule has 6 nitrogen and oxygen atoms in total. The van der Waals surface area contributed by atoms with E-state index >= 15 is 0 Å². The van der Waals surface area contributed by atoms with Crippen LogP contribution in [0.25, 0.3) is 0 Å². The normalized spacial score (nSPS) is 12.4. The van der Waals surface area contributed by atoms with Crippen LogP contribution in [0.3, 0.4) is 0 Å². The molecule has 0 aliphatic carbocycles. The van der Waals surface area contributed by atoms with Gasteiger partial charge in [-0.25, -0.2) is 9.59 Å². The molecule has 27 heavy (non-hydrogen) atoms. The summed E-state index contributed by atoms with van der Waals surface area (Å²) in [6, 6.07) is 2.69. The quantitative estimate of drug-likeness (QED) is 0.197. The highest BCUT2D eigenvalue weighted by Crippen LogP contribution is 2.33. The zero-order valence-electron chi connectivity index (χ0n) is 18.4. The van der Waals surface area contributed by atoms with Crippen molar-refractivity contribution in [2.45, 2.75) is 92.3 Å². The molecule has 0 saturated carbocycles. The highest BCUT2D eigenvalue weighted by molar-refractivity contribution is 6.75. The van der Waals surface area contributed by atoms with E-state index in [2.05, 4.69) is 58.7 Å². The van der Waals surface area contributed by atoms with E-state index < -0.39 is 20.5 Å². The second-order valence-corrected chi connectivity index (χ2v) is 12.5. The molecular formula is C20H40N2O4Si. The SMILES string of the molecule is CCCCCCOC(=O)/N=N/C(=O)O[Si](CC(C)C)(CC(C)C)CC(C)C. The molecular weight excluding hydrogens is 360 g/mol. The van der Waals surface area contributed by atoms with E-state index in [1.54, 1.807) is 0 Å². The zero-order valence-corrected chi connectivity index (χ0v) is 19.4. The Balaban J connectivity index is 4.83. The second-order valence-electron chi connectivity index (χ2n) is 8.72. The molecule has 2 amide bonds. The molecule has 158 valence electrons. The molecule has 0 radical (unpaired) electrons. The number of nitrogens with zero attached hydrogens (tertiary/aromatic N) is 2. The van der Waals surface area contributed by atoms with Gasteiger partial charge in [0.2, 0.25) is 0 Å².